The number of benzene rings is 1. The van der Waals surface area contributed by atoms with Crippen molar-refractivity contribution in [2.75, 3.05) is 18.9 Å². The zero-order valence-electron chi connectivity index (χ0n) is 15.9. The fourth-order valence-electron chi connectivity index (χ4n) is 3.85. The van der Waals surface area contributed by atoms with E-state index in [9.17, 15) is 9.59 Å². The van der Waals surface area contributed by atoms with Gasteiger partial charge >= 0.3 is 6.09 Å². The summed E-state index contributed by atoms with van der Waals surface area (Å²) in [5, 5.41) is 0.928. The van der Waals surface area contributed by atoms with Crippen LogP contribution in [0.25, 0.3) is 10.9 Å². The lowest BCUT2D eigenvalue weighted by atomic mass is 9.97. The summed E-state index contributed by atoms with van der Waals surface area (Å²) >= 11 is 0. The zero-order valence-corrected chi connectivity index (χ0v) is 15.9. The lowest BCUT2D eigenvalue weighted by Crippen LogP contribution is -2.37. The Morgan fingerprint density at radius 1 is 1.29 bits per heavy atom. The molecule has 7 heteroatoms. The summed E-state index contributed by atoms with van der Waals surface area (Å²) in [7, 11) is 0. The highest BCUT2D eigenvalue weighted by atomic mass is 16.6. The maximum atomic E-state index is 13.4. The Labute approximate surface area is 162 Å². The molecule has 2 aromatic heterocycles. The van der Waals surface area contributed by atoms with E-state index in [-0.39, 0.29) is 12.0 Å². The smallest absolute Gasteiger partial charge is 0.410 e. The van der Waals surface area contributed by atoms with Crippen molar-refractivity contribution in [2.45, 2.75) is 26.8 Å². The molecule has 0 aliphatic carbocycles. The third-order valence-corrected chi connectivity index (χ3v) is 5.14. The van der Waals surface area contributed by atoms with E-state index in [1.807, 2.05) is 25.1 Å². The minimum Gasteiger partial charge on any atom is -0.450 e. The lowest BCUT2D eigenvalue weighted by Gasteiger charge is -2.28. The predicted octanol–water partition coefficient (Wildman–Crippen LogP) is 3.13. The van der Waals surface area contributed by atoms with E-state index >= 15 is 0 Å². The Morgan fingerprint density at radius 2 is 2.11 bits per heavy atom. The molecule has 28 heavy (non-hydrogen) atoms. The first-order chi connectivity index (χ1) is 13.5. The van der Waals surface area contributed by atoms with Gasteiger partial charge in [-0.1, -0.05) is 12.1 Å². The second-order valence-corrected chi connectivity index (χ2v) is 6.91. The van der Waals surface area contributed by atoms with Crippen LogP contribution < -0.4 is 5.73 Å². The second kappa shape index (κ2) is 6.99. The van der Waals surface area contributed by atoms with Crippen LogP contribution in [0.15, 0.2) is 36.7 Å². The number of anilines is 1. The standard InChI is InChI=1S/C21H22N4O3/c1-3-28-21(27)24-8-7-16-15(12-24)10-23-11-17(16)20(26)25-13(2)9-14-5-4-6-18(22)19(14)25/h4-6,9-11H,3,7-8,12,22H2,1-2H3. The van der Waals surface area contributed by atoms with Gasteiger partial charge in [0.15, 0.2) is 0 Å². The van der Waals surface area contributed by atoms with Crippen molar-refractivity contribution in [3.05, 3.63) is 59.0 Å². The number of aromatic nitrogens is 2. The first-order valence-corrected chi connectivity index (χ1v) is 9.30. The molecule has 0 bridgehead atoms. The summed E-state index contributed by atoms with van der Waals surface area (Å²) in [5.74, 6) is -0.153. The van der Waals surface area contributed by atoms with Gasteiger partial charge in [0.05, 0.1) is 29.9 Å². The van der Waals surface area contributed by atoms with Crippen LogP contribution in [0.5, 0.6) is 0 Å². The van der Waals surface area contributed by atoms with E-state index in [4.69, 9.17) is 10.5 Å². The monoisotopic (exact) mass is 378 g/mol. The number of nitrogens with two attached hydrogens (primary N) is 1. The number of rotatable bonds is 2. The van der Waals surface area contributed by atoms with E-state index in [1.54, 1.807) is 34.9 Å². The number of hydrogen-bond acceptors (Lipinski definition) is 5. The second-order valence-electron chi connectivity index (χ2n) is 6.91. The maximum absolute atomic E-state index is 13.4. The molecule has 0 saturated heterocycles. The number of hydrogen-bond donors (Lipinski definition) is 1. The summed E-state index contributed by atoms with van der Waals surface area (Å²) in [6.07, 6.45) is 3.55. The Kier molecular flexibility index (Phi) is 4.50. The van der Waals surface area contributed by atoms with Gasteiger partial charge in [0.25, 0.3) is 5.91 Å². The van der Waals surface area contributed by atoms with Crippen LogP contribution >= 0.6 is 0 Å². The molecule has 2 N–H and O–H groups in total. The zero-order chi connectivity index (χ0) is 19.8. The van der Waals surface area contributed by atoms with Crippen molar-refractivity contribution in [2.24, 2.45) is 0 Å². The van der Waals surface area contributed by atoms with Crippen LogP contribution in [0.2, 0.25) is 0 Å². The van der Waals surface area contributed by atoms with Gasteiger partial charge < -0.3 is 15.4 Å². The van der Waals surface area contributed by atoms with Gasteiger partial charge in [-0.05, 0) is 43.5 Å². The highest BCUT2D eigenvalue weighted by molar-refractivity contribution is 6.06. The van der Waals surface area contributed by atoms with E-state index in [2.05, 4.69) is 4.98 Å². The molecule has 4 rings (SSSR count). The molecule has 1 aliphatic heterocycles. The third kappa shape index (κ3) is 2.89. The molecular weight excluding hydrogens is 356 g/mol. The van der Waals surface area contributed by atoms with Gasteiger partial charge in [-0.25, -0.2) is 4.79 Å². The number of amides is 1. The molecule has 0 fully saturated rings. The molecular formula is C21H22N4O3. The molecule has 0 radical (unpaired) electrons. The van der Waals surface area contributed by atoms with Gasteiger partial charge in [-0.2, -0.15) is 0 Å². The van der Waals surface area contributed by atoms with E-state index < -0.39 is 0 Å². The highest BCUT2D eigenvalue weighted by Gasteiger charge is 2.27. The topological polar surface area (TPSA) is 90.5 Å². The van der Waals surface area contributed by atoms with Crippen LogP contribution in [0.1, 0.15) is 34.1 Å². The molecule has 1 aliphatic rings. The Morgan fingerprint density at radius 3 is 2.89 bits per heavy atom. The number of carbonyl (C=O) groups excluding carboxylic acids is 2. The number of nitrogens with zero attached hydrogens (tertiary/aromatic N) is 3. The van der Waals surface area contributed by atoms with Crippen molar-refractivity contribution < 1.29 is 14.3 Å². The van der Waals surface area contributed by atoms with Crippen molar-refractivity contribution in [3.63, 3.8) is 0 Å². The van der Waals surface area contributed by atoms with Crippen LogP contribution in [-0.2, 0) is 17.7 Å². The van der Waals surface area contributed by atoms with Crippen molar-refractivity contribution in [3.8, 4) is 0 Å². The molecule has 0 unspecified atom stereocenters. The number of nitrogen functional groups attached to an aromatic ring is 1. The first-order valence-electron chi connectivity index (χ1n) is 9.30. The summed E-state index contributed by atoms with van der Waals surface area (Å²) in [6.45, 7) is 4.89. The van der Waals surface area contributed by atoms with E-state index in [1.165, 1.54) is 0 Å². The summed E-state index contributed by atoms with van der Waals surface area (Å²) in [5.41, 5.74) is 10.6. The average molecular weight is 378 g/mol. The summed E-state index contributed by atoms with van der Waals surface area (Å²) < 4.78 is 6.74. The largest absolute Gasteiger partial charge is 0.450 e. The van der Waals surface area contributed by atoms with E-state index in [0.717, 1.165) is 22.2 Å². The van der Waals surface area contributed by atoms with Gasteiger partial charge in [0.1, 0.15) is 0 Å². The van der Waals surface area contributed by atoms with E-state index in [0.29, 0.717) is 42.9 Å². The predicted molar refractivity (Wildman–Crippen MR) is 106 cm³/mol. The van der Waals surface area contributed by atoms with Crippen molar-refractivity contribution in [1.29, 1.82) is 0 Å². The van der Waals surface area contributed by atoms with Crippen LogP contribution in [0.4, 0.5) is 10.5 Å². The fraction of sp³-hybridized carbons (Fsp3) is 0.286. The van der Waals surface area contributed by atoms with Gasteiger partial charge in [-0.15, -0.1) is 0 Å². The molecule has 0 spiro atoms. The molecule has 7 nitrogen and oxygen atoms in total. The normalized spacial score (nSPS) is 13.4. The summed E-state index contributed by atoms with van der Waals surface area (Å²) in [6, 6.07) is 7.57. The van der Waals surface area contributed by atoms with Gasteiger partial charge in [0.2, 0.25) is 0 Å². The fourth-order valence-corrected chi connectivity index (χ4v) is 3.85. The SMILES string of the molecule is CCOC(=O)N1CCc2c(cncc2C(=O)n2c(C)cc3cccc(N)c32)C1. The number of fused-ring (bicyclic) bond motifs is 2. The number of carbonyl (C=O) groups is 2. The third-order valence-electron chi connectivity index (χ3n) is 5.14. The molecule has 3 aromatic rings. The van der Waals surface area contributed by atoms with Crippen LogP contribution in [0, 0.1) is 6.92 Å². The number of pyridine rings is 1. The number of para-hydroxylation sites is 1. The Bertz CT molecular complexity index is 1090. The molecule has 1 aromatic carbocycles. The number of ether oxygens (including phenoxy) is 1. The van der Waals surface area contributed by atoms with Crippen LogP contribution in [-0.4, -0.2) is 39.6 Å². The molecule has 1 amide bonds. The highest BCUT2D eigenvalue weighted by Crippen LogP contribution is 2.28. The summed E-state index contributed by atoms with van der Waals surface area (Å²) in [4.78, 5) is 31.4. The van der Waals surface area contributed by atoms with Gasteiger partial charge in [0, 0.05) is 30.0 Å². The minimum atomic E-state index is -0.343. The lowest BCUT2D eigenvalue weighted by molar-refractivity contribution is 0.0959. The first kappa shape index (κ1) is 18.0. The maximum Gasteiger partial charge on any atom is 0.410 e. The quantitative estimate of drug-likeness (QED) is 0.692. The Hall–Kier alpha value is -3.35. The minimum absolute atomic E-state index is 0.153. The van der Waals surface area contributed by atoms with Crippen LogP contribution in [0.3, 0.4) is 0 Å². The van der Waals surface area contributed by atoms with Crippen molar-refractivity contribution >= 4 is 28.6 Å². The van der Waals surface area contributed by atoms with Crippen molar-refractivity contribution in [1.82, 2.24) is 14.5 Å². The molecule has 0 saturated carbocycles. The number of aryl methyl sites for hydroxylation is 1. The Balaban J connectivity index is 1.75. The molecule has 144 valence electrons. The van der Waals surface area contributed by atoms with Gasteiger partial charge in [-0.3, -0.25) is 14.3 Å². The average Bonchev–Trinajstić information content (AvgIpc) is 3.04. The molecule has 0 atom stereocenters. The molecule has 3 heterocycles.